The highest BCUT2D eigenvalue weighted by molar-refractivity contribution is 6.30. The van der Waals surface area contributed by atoms with Crippen molar-refractivity contribution in [1.82, 2.24) is 30.2 Å². The topological polar surface area (TPSA) is 119 Å². The van der Waals surface area contributed by atoms with Crippen molar-refractivity contribution >= 4 is 23.6 Å². The van der Waals surface area contributed by atoms with Crippen molar-refractivity contribution in [3.63, 3.8) is 0 Å². The molecule has 0 saturated carbocycles. The van der Waals surface area contributed by atoms with Crippen LogP contribution in [-0.2, 0) is 24.2 Å². The van der Waals surface area contributed by atoms with Crippen LogP contribution in [-0.4, -0.2) is 48.4 Å². The molecule has 2 aromatic heterocycles. The lowest BCUT2D eigenvalue weighted by molar-refractivity contribution is -0.132. The number of unbranched alkanes of at least 4 members (excludes halogenated alkanes) is 1. The van der Waals surface area contributed by atoms with E-state index in [-0.39, 0.29) is 12.0 Å². The Kier molecular flexibility index (Phi) is 9.08. The number of carboxylic acid groups (broad SMARTS) is 1. The number of tetrazole rings is 1. The summed E-state index contributed by atoms with van der Waals surface area (Å²) in [6, 6.07) is 23.5. The first-order valence-electron chi connectivity index (χ1n) is 13.7. The summed E-state index contributed by atoms with van der Waals surface area (Å²) >= 11 is 6.65. The molecule has 9 nitrogen and oxygen atoms in total. The average molecular weight is 583 g/mol. The molecule has 0 unspecified atom stereocenters. The third-order valence-electron chi connectivity index (χ3n) is 7.05. The van der Waals surface area contributed by atoms with Gasteiger partial charge in [0, 0.05) is 30.5 Å². The van der Waals surface area contributed by atoms with Crippen molar-refractivity contribution in [3.8, 4) is 28.3 Å². The van der Waals surface area contributed by atoms with Crippen LogP contribution in [0.4, 0.5) is 0 Å². The van der Waals surface area contributed by atoms with E-state index in [1.54, 1.807) is 13.2 Å². The SMILES string of the molecule is CCCCc1nc(Cl)c(/C=C(\Cc2ccc(OC)cc2)C(=O)O)n1Cc1ccc(-c2ccccc2-c2nn[nH]n2)cc1. The quantitative estimate of drug-likeness (QED) is 0.161. The molecule has 0 aliphatic heterocycles. The Morgan fingerprint density at radius 3 is 2.38 bits per heavy atom. The van der Waals surface area contributed by atoms with Crippen LogP contribution in [0.1, 0.15) is 42.4 Å². The van der Waals surface area contributed by atoms with Crippen LogP contribution in [0.15, 0.2) is 78.4 Å². The number of nitrogens with one attached hydrogen (secondary N) is 1. The molecule has 0 spiro atoms. The normalized spacial score (nSPS) is 11.5. The predicted octanol–water partition coefficient (Wildman–Crippen LogP) is 6.49. The largest absolute Gasteiger partial charge is 0.497 e. The van der Waals surface area contributed by atoms with Gasteiger partial charge in [-0.25, -0.2) is 9.78 Å². The molecule has 0 aliphatic rings. The van der Waals surface area contributed by atoms with Crippen LogP contribution in [0.25, 0.3) is 28.6 Å². The van der Waals surface area contributed by atoms with Gasteiger partial charge in [0.15, 0.2) is 5.15 Å². The molecule has 0 saturated heterocycles. The lowest BCUT2D eigenvalue weighted by Gasteiger charge is -2.13. The number of ether oxygens (including phenoxy) is 1. The number of carboxylic acids is 1. The van der Waals surface area contributed by atoms with Gasteiger partial charge in [0.25, 0.3) is 0 Å². The van der Waals surface area contributed by atoms with E-state index < -0.39 is 5.97 Å². The highest BCUT2D eigenvalue weighted by Crippen LogP contribution is 2.30. The van der Waals surface area contributed by atoms with Crippen molar-refractivity contribution in [2.75, 3.05) is 7.11 Å². The molecule has 0 radical (unpaired) electrons. The van der Waals surface area contributed by atoms with Crippen molar-refractivity contribution in [3.05, 3.63) is 106 Å². The maximum atomic E-state index is 12.3. The molecule has 0 fully saturated rings. The number of imidazole rings is 1. The minimum atomic E-state index is -1.01. The number of halogens is 1. The molecular formula is C32H31ClN6O3. The number of aryl methyl sites for hydroxylation is 1. The standard InChI is InChI=1S/C32H31ClN6O3/c1-3-4-9-29-34-30(33)28(19-24(32(40)41)18-21-12-16-25(42-2)17-13-21)39(29)20-22-10-14-23(15-11-22)26-7-5-6-8-27(26)31-35-37-38-36-31/h5-8,10-17,19H,3-4,9,18,20H2,1-2H3,(H,40,41)(H,35,36,37,38)/b24-19+. The Morgan fingerprint density at radius 2 is 1.74 bits per heavy atom. The zero-order valence-corrected chi connectivity index (χ0v) is 24.2. The second-order valence-electron chi connectivity index (χ2n) is 9.87. The Labute approximate surface area is 248 Å². The number of carbonyl (C=O) groups is 1. The molecule has 3 aromatic carbocycles. The molecule has 2 N–H and O–H groups in total. The van der Waals surface area contributed by atoms with Gasteiger partial charge in [-0.2, -0.15) is 5.21 Å². The molecule has 0 aliphatic carbocycles. The first kappa shape index (κ1) is 28.8. The Balaban J connectivity index is 1.47. The maximum absolute atomic E-state index is 12.3. The number of benzene rings is 3. The van der Waals surface area contributed by atoms with Gasteiger partial charge in [0.2, 0.25) is 5.82 Å². The summed E-state index contributed by atoms with van der Waals surface area (Å²) in [6.07, 6.45) is 4.56. The van der Waals surface area contributed by atoms with Crippen LogP contribution in [0.5, 0.6) is 5.75 Å². The summed E-state index contributed by atoms with van der Waals surface area (Å²) in [5, 5.41) is 24.8. The molecule has 2 heterocycles. The zero-order chi connectivity index (χ0) is 29.5. The van der Waals surface area contributed by atoms with E-state index in [1.165, 1.54) is 0 Å². The summed E-state index contributed by atoms with van der Waals surface area (Å²) in [5.41, 5.74) is 5.58. The minimum Gasteiger partial charge on any atom is -0.497 e. The Bertz CT molecular complexity index is 1680. The summed E-state index contributed by atoms with van der Waals surface area (Å²) in [6.45, 7) is 2.62. The Hall–Kier alpha value is -4.76. The molecule has 5 aromatic rings. The summed E-state index contributed by atoms with van der Waals surface area (Å²) in [7, 11) is 1.60. The van der Waals surface area contributed by atoms with E-state index in [0.717, 1.165) is 52.9 Å². The number of rotatable bonds is 12. The summed E-state index contributed by atoms with van der Waals surface area (Å²) in [4.78, 5) is 16.9. The second-order valence-corrected chi connectivity index (χ2v) is 10.2. The predicted molar refractivity (Wildman–Crippen MR) is 162 cm³/mol. The van der Waals surface area contributed by atoms with Gasteiger partial charge in [-0.05, 0) is 52.1 Å². The van der Waals surface area contributed by atoms with E-state index in [4.69, 9.17) is 16.3 Å². The van der Waals surface area contributed by atoms with Crippen LogP contribution in [0.2, 0.25) is 5.15 Å². The van der Waals surface area contributed by atoms with Gasteiger partial charge in [-0.1, -0.05) is 85.6 Å². The van der Waals surface area contributed by atoms with Gasteiger partial charge >= 0.3 is 5.97 Å². The van der Waals surface area contributed by atoms with Gasteiger partial charge in [-0.15, -0.1) is 10.2 Å². The van der Waals surface area contributed by atoms with Crippen LogP contribution in [0.3, 0.4) is 0 Å². The zero-order valence-electron chi connectivity index (χ0n) is 23.4. The number of hydrogen-bond acceptors (Lipinski definition) is 6. The second kappa shape index (κ2) is 13.3. The fraction of sp³-hybridized carbons (Fsp3) is 0.219. The molecular weight excluding hydrogens is 552 g/mol. The van der Waals surface area contributed by atoms with Gasteiger partial charge < -0.3 is 14.4 Å². The van der Waals surface area contributed by atoms with E-state index in [2.05, 4.69) is 56.8 Å². The van der Waals surface area contributed by atoms with Crippen molar-refractivity contribution in [2.24, 2.45) is 0 Å². The number of aromatic nitrogens is 6. The smallest absolute Gasteiger partial charge is 0.331 e. The number of aliphatic carboxylic acids is 1. The van der Waals surface area contributed by atoms with E-state index in [0.29, 0.717) is 29.0 Å². The maximum Gasteiger partial charge on any atom is 0.331 e. The summed E-state index contributed by atoms with van der Waals surface area (Å²) in [5.74, 6) is 1.07. The number of hydrogen-bond donors (Lipinski definition) is 2. The van der Waals surface area contributed by atoms with Gasteiger partial charge in [0.05, 0.1) is 12.8 Å². The molecule has 42 heavy (non-hydrogen) atoms. The molecule has 0 atom stereocenters. The molecule has 0 bridgehead atoms. The lowest BCUT2D eigenvalue weighted by Crippen LogP contribution is -2.09. The molecule has 5 rings (SSSR count). The third-order valence-corrected chi connectivity index (χ3v) is 7.33. The average Bonchev–Trinajstić information content (AvgIpc) is 3.65. The molecule has 214 valence electrons. The fourth-order valence-corrected chi connectivity index (χ4v) is 5.07. The fourth-order valence-electron chi connectivity index (χ4n) is 4.82. The van der Waals surface area contributed by atoms with E-state index >= 15 is 0 Å². The third kappa shape index (κ3) is 6.58. The highest BCUT2D eigenvalue weighted by atomic mass is 35.5. The van der Waals surface area contributed by atoms with Crippen LogP contribution >= 0.6 is 11.6 Å². The molecule has 0 amide bonds. The highest BCUT2D eigenvalue weighted by Gasteiger charge is 2.18. The lowest BCUT2D eigenvalue weighted by atomic mass is 9.98. The van der Waals surface area contributed by atoms with E-state index in [1.807, 2.05) is 53.1 Å². The van der Waals surface area contributed by atoms with E-state index in [9.17, 15) is 9.90 Å². The number of aromatic amines is 1. The van der Waals surface area contributed by atoms with Crippen molar-refractivity contribution < 1.29 is 14.6 Å². The number of nitrogens with zero attached hydrogens (tertiary/aromatic N) is 5. The van der Waals surface area contributed by atoms with Crippen LogP contribution in [0, 0.1) is 0 Å². The van der Waals surface area contributed by atoms with Crippen molar-refractivity contribution in [2.45, 2.75) is 39.2 Å². The molecule has 10 heteroatoms. The first-order valence-corrected chi connectivity index (χ1v) is 14.1. The Morgan fingerprint density at radius 1 is 1.02 bits per heavy atom. The van der Waals surface area contributed by atoms with Gasteiger partial charge in [0.1, 0.15) is 11.6 Å². The minimum absolute atomic E-state index is 0.221. The summed E-state index contributed by atoms with van der Waals surface area (Å²) < 4.78 is 7.25. The van der Waals surface area contributed by atoms with Crippen molar-refractivity contribution in [1.29, 1.82) is 0 Å². The monoisotopic (exact) mass is 582 g/mol. The number of H-pyrrole nitrogens is 1. The van der Waals surface area contributed by atoms with Crippen LogP contribution < -0.4 is 4.74 Å². The first-order chi connectivity index (χ1) is 20.5. The number of methoxy groups -OCH3 is 1. The van der Waals surface area contributed by atoms with Gasteiger partial charge in [-0.3, -0.25) is 0 Å².